The summed E-state index contributed by atoms with van der Waals surface area (Å²) in [4.78, 5) is 12.2. The van der Waals surface area contributed by atoms with Crippen LogP contribution in [0.3, 0.4) is 0 Å². The lowest BCUT2D eigenvalue weighted by molar-refractivity contribution is 0.252. The summed E-state index contributed by atoms with van der Waals surface area (Å²) in [5.41, 5.74) is 4.08. The third-order valence-corrected chi connectivity index (χ3v) is 4.48. The highest BCUT2D eigenvalue weighted by atomic mass is 16.5. The van der Waals surface area contributed by atoms with Gasteiger partial charge in [-0.05, 0) is 54.3 Å². The van der Waals surface area contributed by atoms with Crippen molar-refractivity contribution < 1.29 is 14.3 Å². The fraction of sp³-hybridized carbons (Fsp3) is 0.208. The lowest BCUT2D eigenvalue weighted by atomic mass is 10.1. The molecule has 0 aliphatic carbocycles. The minimum absolute atomic E-state index is 0.227. The summed E-state index contributed by atoms with van der Waals surface area (Å²) < 4.78 is 10.9. The van der Waals surface area contributed by atoms with Crippen LogP contribution in [0.25, 0.3) is 11.1 Å². The van der Waals surface area contributed by atoms with Crippen molar-refractivity contribution in [2.24, 2.45) is 0 Å². The van der Waals surface area contributed by atoms with Crippen LogP contribution < -0.4 is 20.1 Å². The zero-order valence-corrected chi connectivity index (χ0v) is 16.8. The maximum Gasteiger partial charge on any atom is 0.319 e. The lowest BCUT2D eigenvalue weighted by Gasteiger charge is -2.12. The highest BCUT2D eigenvalue weighted by Gasteiger charge is 2.06. The van der Waals surface area contributed by atoms with Gasteiger partial charge in [-0.2, -0.15) is 0 Å². The van der Waals surface area contributed by atoms with E-state index in [1.165, 1.54) is 0 Å². The number of carbonyl (C=O) groups excluding carboxylic acids is 1. The van der Waals surface area contributed by atoms with Gasteiger partial charge in [0.1, 0.15) is 0 Å². The number of amides is 2. The molecule has 2 amide bonds. The average Bonchev–Trinajstić information content (AvgIpc) is 2.76. The van der Waals surface area contributed by atoms with Gasteiger partial charge < -0.3 is 20.1 Å². The first-order valence-electron chi connectivity index (χ1n) is 9.69. The first-order valence-corrected chi connectivity index (χ1v) is 9.69. The molecule has 0 unspecified atom stereocenters. The third-order valence-electron chi connectivity index (χ3n) is 4.48. The second-order valence-corrected chi connectivity index (χ2v) is 6.49. The van der Waals surface area contributed by atoms with Crippen molar-refractivity contribution in [3.63, 3.8) is 0 Å². The number of ether oxygens (including phenoxy) is 2. The Morgan fingerprint density at radius 3 is 2.31 bits per heavy atom. The van der Waals surface area contributed by atoms with Crippen LogP contribution in [0.15, 0.2) is 72.8 Å². The summed E-state index contributed by atoms with van der Waals surface area (Å²) in [5, 5.41) is 5.74. The van der Waals surface area contributed by atoms with Crippen LogP contribution in [-0.2, 0) is 6.42 Å². The molecule has 0 bridgehead atoms. The fourth-order valence-corrected chi connectivity index (χ4v) is 3.01. The van der Waals surface area contributed by atoms with Gasteiger partial charge in [0.05, 0.1) is 13.7 Å². The van der Waals surface area contributed by atoms with Gasteiger partial charge >= 0.3 is 6.03 Å². The van der Waals surface area contributed by atoms with Crippen LogP contribution in [0.1, 0.15) is 12.5 Å². The Bertz CT molecular complexity index is 925. The molecule has 0 saturated heterocycles. The van der Waals surface area contributed by atoms with E-state index in [0.29, 0.717) is 25.3 Å². The Kier molecular flexibility index (Phi) is 7.11. The van der Waals surface area contributed by atoms with Crippen molar-refractivity contribution in [3.05, 3.63) is 78.4 Å². The Morgan fingerprint density at radius 1 is 0.897 bits per heavy atom. The van der Waals surface area contributed by atoms with E-state index in [0.717, 1.165) is 28.1 Å². The maximum absolute atomic E-state index is 12.2. The molecule has 3 aromatic carbocycles. The van der Waals surface area contributed by atoms with E-state index < -0.39 is 0 Å². The minimum atomic E-state index is -0.227. The van der Waals surface area contributed by atoms with Gasteiger partial charge in [-0.3, -0.25) is 0 Å². The number of anilines is 1. The molecule has 0 heterocycles. The Hall–Kier alpha value is -3.47. The molecule has 0 aliphatic heterocycles. The molecule has 0 atom stereocenters. The van der Waals surface area contributed by atoms with Gasteiger partial charge in [-0.25, -0.2) is 4.79 Å². The topological polar surface area (TPSA) is 59.6 Å². The highest BCUT2D eigenvalue weighted by Crippen LogP contribution is 2.28. The lowest BCUT2D eigenvalue weighted by Crippen LogP contribution is -2.30. The normalized spacial score (nSPS) is 10.3. The molecule has 5 nitrogen and oxygen atoms in total. The van der Waals surface area contributed by atoms with Crippen molar-refractivity contribution in [1.82, 2.24) is 5.32 Å². The number of benzene rings is 3. The first-order chi connectivity index (χ1) is 14.2. The molecule has 0 saturated carbocycles. The van der Waals surface area contributed by atoms with E-state index in [-0.39, 0.29) is 6.03 Å². The Balaban J connectivity index is 1.49. The largest absolute Gasteiger partial charge is 0.493 e. The predicted molar refractivity (Wildman–Crippen MR) is 117 cm³/mol. The molecule has 0 fully saturated rings. The zero-order chi connectivity index (χ0) is 20.5. The molecule has 0 spiro atoms. The van der Waals surface area contributed by atoms with Crippen LogP contribution in [0, 0.1) is 0 Å². The SMILES string of the molecule is CCOc1ccc(CCNC(=O)Nc2ccc(-c3ccccc3)cc2)cc1OC. The number of urea groups is 1. The van der Waals surface area contributed by atoms with E-state index in [4.69, 9.17) is 9.47 Å². The minimum Gasteiger partial charge on any atom is -0.493 e. The molecule has 0 radical (unpaired) electrons. The average molecular weight is 390 g/mol. The molecule has 0 aliphatic rings. The van der Waals surface area contributed by atoms with Crippen molar-refractivity contribution in [2.75, 3.05) is 25.6 Å². The predicted octanol–water partition coefficient (Wildman–Crippen LogP) is 5.13. The van der Waals surface area contributed by atoms with Gasteiger partial charge in [0, 0.05) is 12.2 Å². The van der Waals surface area contributed by atoms with Crippen LogP contribution in [0.4, 0.5) is 10.5 Å². The molecule has 3 rings (SSSR count). The van der Waals surface area contributed by atoms with Gasteiger partial charge in [-0.1, -0.05) is 48.5 Å². The monoisotopic (exact) mass is 390 g/mol. The van der Waals surface area contributed by atoms with Gasteiger partial charge in [0.15, 0.2) is 11.5 Å². The molecular formula is C24H26N2O3. The maximum atomic E-state index is 12.2. The second kappa shape index (κ2) is 10.2. The standard InChI is InChI=1S/C24H26N2O3/c1-3-29-22-14-9-18(17-23(22)28-2)15-16-25-24(27)26-21-12-10-20(11-13-21)19-7-5-4-6-8-19/h4-14,17H,3,15-16H2,1-2H3,(H2,25,26,27). The van der Waals surface area contributed by atoms with E-state index in [2.05, 4.69) is 22.8 Å². The van der Waals surface area contributed by atoms with Crippen molar-refractivity contribution in [3.8, 4) is 22.6 Å². The smallest absolute Gasteiger partial charge is 0.319 e. The summed E-state index contributed by atoms with van der Waals surface area (Å²) in [6.45, 7) is 3.04. The number of carbonyl (C=O) groups is 1. The fourth-order valence-electron chi connectivity index (χ4n) is 3.01. The van der Waals surface area contributed by atoms with Gasteiger partial charge in [0.25, 0.3) is 0 Å². The van der Waals surface area contributed by atoms with Crippen LogP contribution in [-0.4, -0.2) is 26.3 Å². The number of methoxy groups -OCH3 is 1. The highest BCUT2D eigenvalue weighted by molar-refractivity contribution is 5.89. The summed E-state index contributed by atoms with van der Waals surface area (Å²) in [7, 11) is 1.62. The number of hydrogen-bond acceptors (Lipinski definition) is 3. The van der Waals surface area contributed by atoms with Crippen molar-refractivity contribution >= 4 is 11.7 Å². The Labute approximate surface area is 171 Å². The van der Waals surface area contributed by atoms with E-state index >= 15 is 0 Å². The van der Waals surface area contributed by atoms with Crippen LogP contribution in [0.2, 0.25) is 0 Å². The molecule has 5 heteroatoms. The molecule has 3 aromatic rings. The first kappa shape index (κ1) is 20.3. The molecule has 0 aromatic heterocycles. The van der Waals surface area contributed by atoms with Gasteiger partial charge in [0.2, 0.25) is 0 Å². The molecule has 29 heavy (non-hydrogen) atoms. The molecule has 150 valence electrons. The Morgan fingerprint density at radius 2 is 1.62 bits per heavy atom. The van der Waals surface area contributed by atoms with E-state index in [9.17, 15) is 4.79 Å². The summed E-state index contributed by atoms with van der Waals surface area (Å²) in [6, 6.07) is 23.5. The quantitative estimate of drug-likeness (QED) is 0.561. The second-order valence-electron chi connectivity index (χ2n) is 6.49. The third kappa shape index (κ3) is 5.75. The summed E-state index contributed by atoms with van der Waals surface area (Å²) in [5.74, 6) is 1.43. The number of nitrogens with one attached hydrogen (secondary N) is 2. The van der Waals surface area contributed by atoms with Gasteiger partial charge in [-0.15, -0.1) is 0 Å². The molecule has 2 N–H and O–H groups in total. The van der Waals surface area contributed by atoms with Crippen molar-refractivity contribution in [1.29, 1.82) is 0 Å². The zero-order valence-electron chi connectivity index (χ0n) is 16.8. The van der Waals surface area contributed by atoms with Crippen molar-refractivity contribution in [2.45, 2.75) is 13.3 Å². The van der Waals surface area contributed by atoms with E-state index in [1.807, 2.05) is 67.6 Å². The van der Waals surface area contributed by atoms with E-state index in [1.54, 1.807) is 7.11 Å². The summed E-state index contributed by atoms with van der Waals surface area (Å²) >= 11 is 0. The van der Waals surface area contributed by atoms with Crippen LogP contribution in [0.5, 0.6) is 11.5 Å². The van der Waals surface area contributed by atoms with Crippen LogP contribution >= 0.6 is 0 Å². The summed E-state index contributed by atoms with van der Waals surface area (Å²) in [6.07, 6.45) is 0.698. The molecular weight excluding hydrogens is 364 g/mol. The number of hydrogen-bond donors (Lipinski definition) is 2. The number of rotatable bonds is 8.